The van der Waals surface area contributed by atoms with E-state index >= 15 is 0 Å². The number of rotatable bonds is 4. The van der Waals surface area contributed by atoms with Crippen LogP contribution in [0.1, 0.15) is 64.5 Å². The summed E-state index contributed by atoms with van der Waals surface area (Å²) in [6, 6.07) is 3.94. The van der Waals surface area contributed by atoms with Gasteiger partial charge in [0, 0.05) is 24.3 Å². The summed E-state index contributed by atoms with van der Waals surface area (Å²) in [5.74, 6) is 0.639. The molecule has 1 saturated carbocycles. The van der Waals surface area contributed by atoms with Gasteiger partial charge in [-0.25, -0.2) is 9.78 Å². The molecule has 2 fully saturated rings. The minimum atomic E-state index is -0.559. The molecule has 3 rings (SSSR count). The van der Waals surface area contributed by atoms with Crippen LogP contribution >= 0.6 is 0 Å². The zero-order chi connectivity index (χ0) is 18.0. The van der Waals surface area contributed by atoms with Crippen LogP contribution in [-0.2, 0) is 9.53 Å². The minimum absolute atomic E-state index is 0.0220. The Hall–Kier alpha value is -2.11. The van der Waals surface area contributed by atoms with Gasteiger partial charge in [0.1, 0.15) is 11.4 Å². The van der Waals surface area contributed by atoms with Crippen LogP contribution < -0.4 is 4.90 Å². The Kier molecular flexibility index (Phi) is 4.97. The van der Waals surface area contributed by atoms with Crippen molar-refractivity contribution in [1.29, 1.82) is 0 Å². The number of aromatic nitrogens is 1. The smallest absolute Gasteiger partial charge is 0.416 e. The van der Waals surface area contributed by atoms with E-state index in [1.807, 2.05) is 32.9 Å². The fourth-order valence-corrected chi connectivity index (χ4v) is 3.48. The summed E-state index contributed by atoms with van der Waals surface area (Å²) in [7, 11) is 0. The average Bonchev–Trinajstić information content (AvgIpc) is 2.97. The topological polar surface area (TPSA) is 62.7 Å². The van der Waals surface area contributed by atoms with Crippen molar-refractivity contribution in [2.75, 3.05) is 11.4 Å². The maximum Gasteiger partial charge on any atom is 0.416 e. The van der Waals surface area contributed by atoms with Gasteiger partial charge in [-0.3, -0.25) is 9.69 Å². The second-order valence-electron chi connectivity index (χ2n) is 7.85. The lowest BCUT2D eigenvalue weighted by Gasteiger charge is -2.39. The molecule has 0 bridgehead atoms. The number of hydrogen-bond donors (Lipinski definition) is 0. The fraction of sp³-hybridized carbons (Fsp3) is 0.632. The molecule has 1 atom stereocenters. The molecule has 0 unspecified atom stereocenters. The zero-order valence-electron chi connectivity index (χ0n) is 15.3. The SMILES string of the molecule is CC(C)(C)OC(=O)N(c1ncccc1[C@@H]1CCCN1C=O)C1CCC1. The lowest BCUT2D eigenvalue weighted by Crippen LogP contribution is -2.47. The molecule has 25 heavy (non-hydrogen) atoms. The Morgan fingerprint density at radius 3 is 2.68 bits per heavy atom. The van der Waals surface area contributed by atoms with Crippen molar-refractivity contribution < 1.29 is 14.3 Å². The Labute approximate surface area is 149 Å². The molecule has 0 radical (unpaired) electrons. The monoisotopic (exact) mass is 345 g/mol. The van der Waals surface area contributed by atoms with Crippen molar-refractivity contribution in [2.45, 2.75) is 70.6 Å². The molecule has 2 heterocycles. The molecule has 136 valence electrons. The van der Waals surface area contributed by atoms with Crippen molar-refractivity contribution in [3.8, 4) is 0 Å². The summed E-state index contributed by atoms with van der Waals surface area (Å²) in [4.78, 5) is 32.3. The summed E-state index contributed by atoms with van der Waals surface area (Å²) < 4.78 is 5.65. The third kappa shape index (κ3) is 3.78. The number of likely N-dealkylation sites (tertiary alicyclic amines) is 1. The first-order chi connectivity index (χ1) is 11.9. The summed E-state index contributed by atoms with van der Waals surface area (Å²) in [6.45, 7) is 6.36. The van der Waals surface area contributed by atoms with Gasteiger partial charge in [0.25, 0.3) is 0 Å². The highest BCUT2D eigenvalue weighted by molar-refractivity contribution is 5.88. The second-order valence-corrected chi connectivity index (χ2v) is 7.85. The molecular weight excluding hydrogens is 318 g/mol. The molecule has 0 spiro atoms. The van der Waals surface area contributed by atoms with Crippen LogP contribution in [0.4, 0.5) is 10.6 Å². The van der Waals surface area contributed by atoms with Crippen molar-refractivity contribution >= 4 is 18.3 Å². The highest BCUT2D eigenvalue weighted by Gasteiger charge is 2.37. The van der Waals surface area contributed by atoms with Crippen molar-refractivity contribution in [2.24, 2.45) is 0 Å². The van der Waals surface area contributed by atoms with Gasteiger partial charge in [-0.05, 0) is 58.9 Å². The van der Waals surface area contributed by atoms with Gasteiger partial charge >= 0.3 is 6.09 Å². The lowest BCUT2D eigenvalue weighted by molar-refractivity contribution is -0.118. The summed E-state index contributed by atoms with van der Waals surface area (Å²) in [6.07, 6.45) is 7.13. The lowest BCUT2D eigenvalue weighted by atomic mass is 9.91. The summed E-state index contributed by atoms with van der Waals surface area (Å²) in [5.41, 5.74) is 0.376. The van der Waals surface area contributed by atoms with E-state index in [2.05, 4.69) is 4.98 Å². The number of carbonyl (C=O) groups excluding carboxylic acids is 2. The summed E-state index contributed by atoms with van der Waals surface area (Å²) in [5, 5.41) is 0. The van der Waals surface area contributed by atoms with Gasteiger partial charge in [0.05, 0.1) is 6.04 Å². The van der Waals surface area contributed by atoms with Crippen molar-refractivity contribution in [3.05, 3.63) is 23.9 Å². The van der Waals surface area contributed by atoms with Crippen LogP contribution in [0.2, 0.25) is 0 Å². The van der Waals surface area contributed by atoms with E-state index in [4.69, 9.17) is 4.74 Å². The normalized spacial score (nSPS) is 20.9. The number of ether oxygens (including phenoxy) is 1. The third-order valence-corrected chi connectivity index (χ3v) is 4.86. The van der Waals surface area contributed by atoms with E-state index in [-0.39, 0.29) is 18.2 Å². The molecule has 1 aromatic heterocycles. The van der Waals surface area contributed by atoms with E-state index < -0.39 is 5.60 Å². The fourth-order valence-electron chi connectivity index (χ4n) is 3.48. The van der Waals surface area contributed by atoms with Crippen LogP contribution in [0.25, 0.3) is 0 Å². The summed E-state index contributed by atoms with van der Waals surface area (Å²) >= 11 is 0. The first-order valence-corrected chi connectivity index (χ1v) is 9.09. The highest BCUT2D eigenvalue weighted by atomic mass is 16.6. The van der Waals surface area contributed by atoms with Gasteiger partial charge < -0.3 is 9.64 Å². The molecular formula is C19H27N3O3. The molecule has 1 aromatic rings. The number of nitrogens with zero attached hydrogens (tertiary/aromatic N) is 3. The Bertz CT molecular complexity index is 637. The predicted molar refractivity (Wildman–Crippen MR) is 95.3 cm³/mol. The maximum absolute atomic E-state index is 12.9. The zero-order valence-corrected chi connectivity index (χ0v) is 15.3. The molecule has 1 aliphatic heterocycles. The van der Waals surface area contributed by atoms with Crippen LogP contribution in [0.15, 0.2) is 18.3 Å². The number of anilines is 1. The largest absolute Gasteiger partial charge is 0.443 e. The van der Waals surface area contributed by atoms with Crippen molar-refractivity contribution in [1.82, 2.24) is 9.88 Å². The standard InChI is InChI=1S/C19H27N3O3/c1-19(2,3)25-18(24)22(14-7-4-8-14)17-15(9-5-11-20-17)16-10-6-12-21(16)13-23/h5,9,11,13-14,16H,4,6-8,10,12H2,1-3H3/t16-/m0/s1. The molecule has 2 amide bonds. The molecule has 2 aliphatic rings. The second kappa shape index (κ2) is 7.02. The molecule has 1 aliphatic carbocycles. The molecule has 6 heteroatoms. The molecule has 1 saturated heterocycles. The number of hydrogen-bond acceptors (Lipinski definition) is 4. The first kappa shape index (κ1) is 17.7. The average molecular weight is 345 g/mol. The van der Waals surface area contributed by atoms with E-state index in [0.717, 1.165) is 50.6 Å². The van der Waals surface area contributed by atoms with Crippen LogP contribution in [-0.4, -0.2) is 40.6 Å². The number of carbonyl (C=O) groups is 2. The van der Waals surface area contributed by atoms with Crippen LogP contribution in [0, 0.1) is 0 Å². The van der Waals surface area contributed by atoms with Gasteiger partial charge in [0.2, 0.25) is 6.41 Å². The maximum atomic E-state index is 12.9. The minimum Gasteiger partial charge on any atom is -0.443 e. The van der Waals surface area contributed by atoms with E-state index in [1.165, 1.54) is 0 Å². The van der Waals surface area contributed by atoms with Gasteiger partial charge in [-0.1, -0.05) is 6.07 Å². The third-order valence-electron chi connectivity index (χ3n) is 4.86. The Morgan fingerprint density at radius 2 is 2.08 bits per heavy atom. The Morgan fingerprint density at radius 1 is 1.32 bits per heavy atom. The van der Waals surface area contributed by atoms with Gasteiger partial charge in [0.15, 0.2) is 0 Å². The number of pyridine rings is 1. The molecule has 6 nitrogen and oxygen atoms in total. The molecule has 0 aromatic carbocycles. The van der Waals surface area contributed by atoms with Gasteiger partial charge in [-0.15, -0.1) is 0 Å². The van der Waals surface area contributed by atoms with E-state index in [0.29, 0.717) is 5.82 Å². The van der Waals surface area contributed by atoms with Crippen LogP contribution in [0.3, 0.4) is 0 Å². The molecule has 0 N–H and O–H groups in total. The highest BCUT2D eigenvalue weighted by Crippen LogP contribution is 2.38. The van der Waals surface area contributed by atoms with Crippen molar-refractivity contribution in [3.63, 3.8) is 0 Å². The van der Waals surface area contributed by atoms with Gasteiger partial charge in [-0.2, -0.15) is 0 Å². The van der Waals surface area contributed by atoms with Crippen LogP contribution in [0.5, 0.6) is 0 Å². The predicted octanol–water partition coefficient (Wildman–Crippen LogP) is 3.67. The Balaban J connectivity index is 1.96. The van der Waals surface area contributed by atoms with E-state index in [9.17, 15) is 9.59 Å². The van der Waals surface area contributed by atoms with E-state index in [1.54, 1.807) is 16.0 Å². The first-order valence-electron chi connectivity index (χ1n) is 9.09. The quantitative estimate of drug-likeness (QED) is 0.781. The number of amides is 2.